The highest BCUT2D eigenvalue weighted by atomic mass is 35.5. The maximum atomic E-state index is 12.8. The highest BCUT2D eigenvalue weighted by Crippen LogP contribution is 2.18. The third kappa shape index (κ3) is 4.12. The van der Waals surface area contributed by atoms with E-state index in [2.05, 4.69) is 5.32 Å². The van der Waals surface area contributed by atoms with Gasteiger partial charge in [0.1, 0.15) is 12.8 Å². The topological polar surface area (TPSA) is 49.3 Å². The molecule has 0 unspecified atom stereocenters. The fourth-order valence-electron chi connectivity index (χ4n) is 1.44. The van der Waals surface area contributed by atoms with Crippen molar-refractivity contribution in [2.24, 2.45) is 0 Å². The van der Waals surface area contributed by atoms with E-state index in [-0.39, 0.29) is 0 Å². The van der Waals surface area contributed by atoms with Gasteiger partial charge < -0.3 is 10.4 Å². The van der Waals surface area contributed by atoms with Gasteiger partial charge in [0, 0.05) is 0 Å². The molecule has 0 saturated heterocycles. The number of hydrogen-bond acceptors (Lipinski definition) is 2. The number of aliphatic hydroxyl groups excluding tert-OH is 1. The zero-order valence-corrected chi connectivity index (χ0v) is 11.2. The largest absolute Gasteiger partial charge is 0.386 e. The average Bonchev–Trinajstić information content (AvgIpc) is 2.35. The minimum Gasteiger partial charge on any atom is -0.386 e. The molecule has 6 heteroatoms. The van der Waals surface area contributed by atoms with Crippen LogP contribution in [0.4, 0.5) is 4.39 Å². The molecule has 18 heavy (non-hydrogen) atoms. The van der Waals surface area contributed by atoms with Crippen LogP contribution < -0.4 is 5.32 Å². The summed E-state index contributed by atoms with van der Waals surface area (Å²) in [6, 6.07) is 5.87. The summed E-state index contributed by atoms with van der Waals surface area (Å²) in [7, 11) is 0. The SMILES string of the molecule is Cc1ccc([C@@H](O)[C@@H](CF)NC(=O)C(Cl)Cl)cc1. The molecule has 2 N–H and O–H groups in total. The van der Waals surface area contributed by atoms with Crippen molar-refractivity contribution in [3.8, 4) is 0 Å². The van der Waals surface area contributed by atoms with E-state index in [1.807, 2.05) is 6.92 Å². The number of aliphatic hydroxyl groups is 1. The molecule has 2 atom stereocenters. The number of carbonyl (C=O) groups excluding carboxylic acids is 1. The Bertz CT molecular complexity index is 398. The monoisotopic (exact) mass is 293 g/mol. The molecule has 0 saturated carbocycles. The Morgan fingerprint density at radius 3 is 2.39 bits per heavy atom. The van der Waals surface area contributed by atoms with Gasteiger partial charge >= 0.3 is 0 Å². The second-order valence-electron chi connectivity index (χ2n) is 3.93. The van der Waals surface area contributed by atoms with Crippen molar-refractivity contribution in [3.63, 3.8) is 0 Å². The van der Waals surface area contributed by atoms with Crippen molar-refractivity contribution < 1.29 is 14.3 Å². The highest BCUT2D eigenvalue weighted by Gasteiger charge is 2.24. The van der Waals surface area contributed by atoms with E-state index < -0.39 is 29.6 Å². The molecular weight excluding hydrogens is 280 g/mol. The first-order valence-corrected chi connectivity index (χ1v) is 6.22. The van der Waals surface area contributed by atoms with E-state index in [0.29, 0.717) is 5.56 Å². The summed E-state index contributed by atoms with van der Waals surface area (Å²) in [6.07, 6.45) is -1.15. The number of rotatable bonds is 5. The van der Waals surface area contributed by atoms with Gasteiger partial charge in [-0.25, -0.2) is 4.39 Å². The fraction of sp³-hybridized carbons (Fsp3) is 0.417. The quantitative estimate of drug-likeness (QED) is 0.819. The van der Waals surface area contributed by atoms with E-state index in [0.717, 1.165) is 5.56 Å². The van der Waals surface area contributed by atoms with Gasteiger partial charge in [-0.3, -0.25) is 4.79 Å². The molecule has 0 heterocycles. The summed E-state index contributed by atoms with van der Waals surface area (Å²) in [5.74, 6) is -0.729. The Hall–Kier alpha value is -0.840. The molecule has 0 aromatic heterocycles. The van der Waals surface area contributed by atoms with Crippen molar-refractivity contribution in [1.82, 2.24) is 5.32 Å². The lowest BCUT2D eigenvalue weighted by atomic mass is 10.0. The number of amides is 1. The molecule has 0 aliphatic rings. The van der Waals surface area contributed by atoms with Crippen molar-refractivity contribution in [2.75, 3.05) is 6.67 Å². The summed E-state index contributed by atoms with van der Waals surface area (Å²) in [4.78, 5) is 9.96. The second-order valence-corrected chi connectivity index (χ2v) is 5.02. The van der Waals surface area contributed by atoms with Crippen LogP contribution in [0.2, 0.25) is 0 Å². The molecule has 1 aromatic rings. The van der Waals surface area contributed by atoms with Gasteiger partial charge in [-0.05, 0) is 12.5 Å². The van der Waals surface area contributed by atoms with Crippen molar-refractivity contribution in [1.29, 1.82) is 0 Å². The van der Waals surface area contributed by atoms with Crippen LogP contribution >= 0.6 is 23.2 Å². The minimum atomic E-state index is -1.29. The first kappa shape index (κ1) is 15.2. The summed E-state index contributed by atoms with van der Waals surface area (Å²) in [5.41, 5.74) is 1.54. The smallest absolute Gasteiger partial charge is 0.253 e. The van der Waals surface area contributed by atoms with E-state index >= 15 is 0 Å². The highest BCUT2D eigenvalue weighted by molar-refractivity contribution is 6.53. The molecule has 0 aliphatic carbocycles. The summed E-state index contributed by atoms with van der Waals surface area (Å²) in [5, 5.41) is 12.2. The van der Waals surface area contributed by atoms with E-state index in [9.17, 15) is 14.3 Å². The predicted octanol–water partition coefficient (Wildman–Crippen LogP) is 2.29. The lowest BCUT2D eigenvalue weighted by Crippen LogP contribution is -2.43. The second kappa shape index (κ2) is 6.92. The number of nitrogens with one attached hydrogen (secondary N) is 1. The average molecular weight is 294 g/mol. The Kier molecular flexibility index (Phi) is 5.85. The first-order valence-electron chi connectivity index (χ1n) is 5.34. The fourth-order valence-corrected chi connectivity index (χ4v) is 1.57. The lowest BCUT2D eigenvalue weighted by Gasteiger charge is -2.22. The van der Waals surface area contributed by atoms with Crippen LogP contribution in [0.1, 0.15) is 17.2 Å². The van der Waals surface area contributed by atoms with Crippen LogP contribution in [-0.4, -0.2) is 28.6 Å². The van der Waals surface area contributed by atoms with Crippen molar-refractivity contribution >= 4 is 29.1 Å². The summed E-state index contributed by atoms with van der Waals surface area (Å²) in [6.45, 7) is 0.984. The number of halogens is 3. The molecule has 1 aromatic carbocycles. The first-order chi connectivity index (χ1) is 8.45. The van der Waals surface area contributed by atoms with Crippen molar-refractivity contribution in [3.05, 3.63) is 35.4 Å². The van der Waals surface area contributed by atoms with Gasteiger partial charge in [0.25, 0.3) is 5.91 Å². The Balaban J connectivity index is 2.75. The zero-order valence-electron chi connectivity index (χ0n) is 9.74. The number of aryl methyl sites for hydroxylation is 1. The third-order valence-corrected chi connectivity index (χ3v) is 2.89. The van der Waals surface area contributed by atoms with Crippen LogP contribution in [0, 0.1) is 6.92 Å². The molecule has 0 bridgehead atoms. The maximum absolute atomic E-state index is 12.8. The van der Waals surface area contributed by atoms with Gasteiger partial charge in [-0.15, -0.1) is 0 Å². The number of alkyl halides is 3. The van der Waals surface area contributed by atoms with E-state index in [1.165, 1.54) is 0 Å². The van der Waals surface area contributed by atoms with Gasteiger partial charge in [0.2, 0.25) is 0 Å². The molecule has 0 aliphatic heterocycles. The lowest BCUT2D eigenvalue weighted by molar-refractivity contribution is -0.121. The molecule has 1 amide bonds. The standard InChI is InChI=1S/C12H14Cl2FNO2/c1-7-2-4-8(5-3-7)10(17)9(6-15)16-12(18)11(13)14/h2-5,9-11,17H,6H2,1H3,(H,16,18)/t9-,10-/m1/s1. The van der Waals surface area contributed by atoms with Crippen LogP contribution in [0.5, 0.6) is 0 Å². The Morgan fingerprint density at radius 2 is 1.94 bits per heavy atom. The Morgan fingerprint density at radius 1 is 1.39 bits per heavy atom. The van der Waals surface area contributed by atoms with Gasteiger partial charge in [-0.2, -0.15) is 0 Å². The molecule has 1 rings (SSSR count). The minimum absolute atomic E-state index is 0.518. The van der Waals surface area contributed by atoms with E-state index in [1.54, 1.807) is 24.3 Å². The van der Waals surface area contributed by atoms with Crippen LogP contribution in [0.3, 0.4) is 0 Å². The summed E-state index contributed by atoms with van der Waals surface area (Å²) < 4.78 is 12.8. The predicted molar refractivity (Wildman–Crippen MR) is 69.5 cm³/mol. The van der Waals surface area contributed by atoms with Crippen LogP contribution in [0.25, 0.3) is 0 Å². The molecule has 100 valence electrons. The number of carbonyl (C=O) groups is 1. The summed E-state index contributed by atoms with van der Waals surface area (Å²) >= 11 is 10.7. The molecular formula is C12H14Cl2FNO2. The Labute approximate surface area is 115 Å². The van der Waals surface area contributed by atoms with E-state index in [4.69, 9.17) is 23.2 Å². The van der Waals surface area contributed by atoms with Crippen molar-refractivity contribution in [2.45, 2.75) is 23.9 Å². The molecule has 3 nitrogen and oxygen atoms in total. The molecule has 0 fully saturated rings. The van der Waals surface area contributed by atoms with Crippen LogP contribution in [-0.2, 0) is 4.79 Å². The normalized spacial score (nSPS) is 14.3. The zero-order chi connectivity index (χ0) is 13.7. The van der Waals surface area contributed by atoms with Gasteiger partial charge in [0.15, 0.2) is 4.84 Å². The van der Waals surface area contributed by atoms with Gasteiger partial charge in [-0.1, -0.05) is 53.0 Å². The number of hydrogen-bond donors (Lipinski definition) is 2. The molecule has 0 radical (unpaired) electrons. The third-order valence-electron chi connectivity index (χ3n) is 2.49. The van der Waals surface area contributed by atoms with Crippen LogP contribution in [0.15, 0.2) is 24.3 Å². The molecule has 0 spiro atoms. The maximum Gasteiger partial charge on any atom is 0.253 e. The van der Waals surface area contributed by atoms with Gasteiger partial charge in [0.05, 0.1) is 6.04 Å². The number of benzene rings is 1.